The second kappa shape index (κ2) is 10.2. The Kier molecular flexibility index (Phi) is 9.57. The number of allylic oxidation sites excluding steroid dienone is 2. The van der Waals surface area contributed by atoms with Crippen molar-refractivity contribution in [3.63, 3.8) is 0 Å². The van der Waals surface area contributed by atoms with E-state index in [4.69, 9.17) is 5.26 Å². The third kappa shape index (κ3) is 9.23. The molecule has 0 aliphatic rings. The first-order valence-electron chi connectivity index (χ1n) is 4.93. The van der Waals surface area contributed by atoms with E-state index in [1.807, 2.05) is 6.08 Å². The van der Waals surface area contributed by atoms with Gasteiger partial charge in [-0.1, -0.05) is 44.8 Å². The number of hydrogen-bond acceptors (Lipinski definition) is 1. The molecule has 0 heterocycles. The topological polar surface area (TPSA) is 23.8 Å². The van der Waals surface area contributed by atoms with Gasteiger partial charge in [-0.3, -0.25) is 0 Å². The average molecular weight is 165 g/mol. The van der Waals surface area contributed by atoms with E-state index >= 15 is 0 Å². The van der Waals surface area contributed by atoms with Crippen molar-refractivity contribution in [1.29, 1.82) is 5.26 Å². The van der Waals surface area contributed by atoms with Gasteiger partial charge < -0.3 is 0 Å². The average Bonchev–Trinajstić information content (AvgIpc) is 2.10. The van der Waals surface area contributed by atoms with E-state index in [1.165, 1.54) is 32.1 Å². The van der Waals surface area contributed by atoms with Gasteiger partial charge in [0.15, 0.2) is 0 Å². The summed E-state index contributed by atoms with van der Waals surface area (Å²) in [5.41, 5.74) is 0. The highest BCUT2D eigenvalue weighted by atomic mass is 14.2. The molecule has 0 amide bonds. The zero-order valence-electron chi connectivity index (χ0n) is 8.05. The largest absolute Gasteiger partial charge is 0.198 e. The van der Waals surface area contributed by atoms with Gasteiger partial charge in [-0.15, -0.1) is 0 Å². The van der Waals surface area contributed by atoms with Crippen molar-refractivity contribution in [1.82, 2.24) is 0 Å². The molecule has 0 rings (SSSR count). The van der Waals surface area contributed by atoms with Crippen molar-refractivity contribution in [3.8, 4) is 6.07 Å². The lowest BCUT2D eigenvalue weighted by molar-refractivity contribution is 0.637. The van der Waals surface area contributed by atoms with E-state index in [-0.39, 0.29) is 0 Å². The number of hydrogen-bond donors (Lipinski definition) is 0. The first-order valence-corrected chi connectivity index (χ1v) is 4.93. The summed E-state index contributed by atoms with van der Waals surface area (Å²) in [5.74, 6) is 0. The lowest BCUT2D eigenvalue weighted by Gasteiger charge is -1.95. The summed E-state index contributed by atoms with van der Waals surface area (Å²) in [4.78, 5) is 0. The Hall–Kier alpha value is -0.770. The Bertz CT molecular complexity index is 142. The van der Waals surface area contributed by atoms with Gasteiger partial charge in [0.05, 0.1) is 12.5 Å². The highest BCUT2D eigenvalue weighted by Crippen LogP contribution is 2.05. The second-order valence-electron chi connectivity index (χ2n) is 3.04. The van der Waals surface area contributed by atoms with Crippen LogP contribution in [0.15, 0.2) is 12.2 Å². The molecule has 0 aliphatic carbocycles. The Balaban J connectivity index is 2.96. The summed E-state index contributed by atoms with van der Waals surface area (Å²) >= 11 is 0. The van der Waals surface area contributed by atoms with E-state index in [9.17, 15) is 0 Å². The third-order valence-corrected chi connectivity index (χ3v) is 1.85. The molecule has 0 unspecified atom stereocenters. The van der Waals surface area contributed by atoms with Gasteiger partial charge in [-0.2, -0.15) is 5.26 Å². The van der Waals surface area contributed by atoms with Crippen molar-refractivity contribution >= 4 is 0 Å². The van der Waals surface area contributed by atoms with Gasteiger partial charge in [0, 0.05) is 0 Å². The predicted molar refractivity (Wildman–Crippen MR) is 52.7 cm³/mol. The molecule has 0 aromatic carbocycles. The molecule has 0 radical (unpaired) electrons. The van der Waals surface area contributed by atoms with Crippen LogP contribution in [-0.2, 0) is 0 Å². The Morgan fingerprint density at radius 3 is 2.50 bits per heavy atom. The van der Waals surface area contributed by atoms with Gasteiger partial charge >= 0.3 is 0 Å². The zero-order chi connectivity index (χ0) is 9.07. The lowest BCUT2D eigenvalue weighted by atomic mass is 10.1. The van der Waals surface area contributed by atoms with E-state index in [2.05, 4.69) is 19.1 Å². The zero-order valence-corrected chi connectivity index (χ0v) is 8.05. The molecule has 0 spiro atoms. The molecule has 0 atom stereocenters. The van der Waals surface area contributed by atoms with Gasteiger partial charge in [0.25, 0.3) is 0 Å². The highest BCUT2D eigenvalue weighted by Gasteiger charge is 1.85. The molecule has 0 bridgehead atoms. The Morgan fingerprint density at radius 1 is 1.08 bits per heavy atom. The van der Waals surface area contributed by atoms with Crippen LogP contribution >= 0.6 is 0 Å². The summed E-state index contributed by atoms with van der Waals surface area (Å²) in [6, 6.07) is 2.09. The van der Waals surface area contributed by atoms with E-state index in [0.717, 1.165) is 6.42 Å². The fourth-order valence-electron chi connectivity index (χ4n) is 1.12. The van der Waals surface area contributed by atoms with Crippen LogP contribution < -0.4 is 0 Å². The van der Waals surface area contributed by atoms with Crippen LogP contribution in [0.25, 0.3) is 0 Å². The summed E-state index contributed by atoms with van der Waals surface area (Å²) in [5, 5.41) is 8.24. The molecule has 1 nitrogen and oxygen atoms in total. The van der Waals surface area contributed by atoms with Crippen LogP contribution in [-0.4, -0.2) is 0 Å². The fraction of sp³-hybridized carbons (Fsp3) is 0.727. The Labute approximate surface area is 76.1 Å². The summed E-state index contributed by atoms with van der Waals surface area (Å²) in [7, 11) is 0. The SMILES string of the molecule is CCCCCCC/C=C\CC#N. The maximum Gasteiger partial charge on any atom is 0.0663 e. The molecule has 0 aliphatic heterocycles. The minimum Gasteiger partial charge on any atom is -0.198 e. The highest BCUT2D eigenvalue weighted by molar-refractivity contribution is 4.90. The van der Waals surface area contributed by atoms with Crippen LogP contribution in [0.2, 0.25) is 0 Å². The van der Waals surface area contributed by atoms with Crippen LogP contribution in [0.5, 0.6) is 0 Å². The fourth-order valence-corrected chi connectivity index (χ4v) is 1.12. The van der Waals surface area contributed by atoms with Crippen LogP contribution in [0.1, 0.15) is 51.9 Å². The quantitative estimate of drug-likeness (QED) is 0.415. The standard InChI is InChI=1S/C11H19N/c1-2-3-4-5-6-7-8-9-10-11-12/h8-9H,2-7,10H2,1H3/b9-8-. The molecule has 1 heteroatoms. The normalized spacial score (nSPS) is 10.3. The van der Waals surface area contributed by atoms with Crippen LogP contribution in [0.4, 0.5) is 0 Å². The maximum absolute atomic E-state index is 8.24. The summed E-state index contributed by atoms with van der Waals surface area (Å²) < 4.78 is 0. The summed E-state index contributed by atoms with van der Waals surface area (Å²) in [6.07, 6.45) is 12.4. The van der Waals surface area contributed by atoms with E-state index in [1.54, 1.807) is 0 Å². The van der Waals surface area contributed by atoms with Crippen molar-refractivity contribution in [2.45, 2.75) is 51.9 Å². The predicted octanol–water partition coefficient (Wildman–Crippen LogP) is 3.82. The first-order chi connectivity index (χ1) is 5.91. The van der Waals surface area contributed by atoms with Gasteiger partial charge in [0.2, 0.25) is 0 Å². The van der Waals surface area contributed by atoms with E-state index in [0.29, 0.717) is 6.42 Å². The molecule has 0 saturated carbocycles. The number of rotatable bonds is 7. The molecule has 12 heavy (non-hydrogen) atoms. The monoisotopic (exact) mass is 165 g/mol. The minimum absolute atomic E-state index is 0.564. The number of nitrogens with zero attached hydrogens (tertiary/aromatic N) is 1. The van der Waals surface area contributed by atoms with Gasteiger partial charge in [-0.05, 0) is 12.8 Å². The van der Waals surface area contributed by atoms with Crippen molar-refractivity contribution < 1.29 is 0 Å². The van der Waals surface area contributed by atoms with Crippen LogP contribution in [0.3, 0.4) is 0 Å². The molecule has 0 saturated heterocycles. The minimum atomic E-state index is 0.564. The number of nitriles is 1. The molecule has 0 N–H and O–H groups in total. The van der Waals surface area contributed by atoms with Gasteiger partial charge in [-0.25, -0.2) is 0 Å². The molecule has 0 fully saturated rings. The van der Waals surface area contributed by atoms with Crippen LogP contribution in [0, 0.1) is 11.3 Å². The molecule has 0 aromatic heterocycles. The Morgan fingerprint density at radius 2 is 1.83 bits per heavy atom. The summed E-state index contributed by atoms with van der Waals surface area (Å²) in [6.45, 7) is 2.23. The molecular weight excluding hydrogens is 146 g/mol. The molecule has 68 valence electrons. The first kappa shape index (κ1) is 11.2. The van der Waals surface area contributed by atoms with Crippen molar-refractivity contribution in [3.05, 3.63) is 12.2 Å². The lowest BCUT2D eigenvalue weighted by Crippen LogP contribution is -1.75. The maximum atomic E-state index is 8.24. The second-order valence-corrected chi connectivity index (χ2v) is 3.04. The van der Waals surface area contributed by atoms with Gasteiger partial charge in [0.1, 0.15) is 0 Å². The van der Waals surface area contributed by atoms with E-state index < -0.39 is 0 Å². The van der Waals surface area contributed by atoms with Crippen molar-refractivity contribution in [2.24, 2.45) is 0 Å². The molecular formula is C11H19N. The smallest absolute Gasteiger partial charge is 0.0663 e. The number of unbranched alkanes of at least 4 members (excludes halogenated alkanes) is 5. The molecule has 0 aromatic rings. The van der Waals surface area contributed by atoms with Crippen molar-refractivity contribution in [2.75, 3.05) is 0 Å². The third-order valence-electron chi connectivity index (χ3n) is 1.85.